The van der Waals surface area contributed by atoms with Crippen LogP contribution in [-0.4, -0.2) is 29.5 Å². The van der Waals surface area contributed by atoms with Gasteiger partial charge in [0.15, 0.2) is 0 Å². The third-order valence-corrected chi connectivity index (χ3v) is 3.05. The normalized spacial score (nSPS) is 11.3. The SMILES string of the molecule is CNC(=O)CCNc1nc(C(C)(C)C)nc(Cl)c1C. The topological polar surface area (TPSA) is 66.9 Å². The molecule has 0 aromatic carbocycles. The van der Waals surface area contributed by atoms with Gasteiger partial charge in [0, 0.05) is 31.0 Å². The molecule has 0 radical (unpaired) electrons. The average Bonchev–Trinajstić information content (AvgIpc) is 2.32. The van der Waals surface area contributed by atoms with Gasteiger partial charge in [-0.15, -0.1) is 0 Å². The van der Waals surface area contributed by atoms with Crippen LogP contribution in [0.2, 0.25) is 5.15 Å². The monoisotopic (exact) mass is 284 g/mol. The lowest BCUT2D eigenvalue weighted by molar-refractivity contribution is -0.120. The minimum atomic E-state index is -0.172. The fourth-order valence-electron chi connectivity index (χ4n) is 1.42. The summed E-state index contributed by atoms with van der Waals surface area (Å²) in [5.74, 6) is 1.36. The van der Waals surface area contributed by atoms with Crippen molar-refractivity contribution in [2.45, 2.75) is 39.5 Å². The summed E-state index contributed by atoms with van der Waals surface area (Å²) in [7, 11) is 1.62. The lowest BCUT2D eigenvalue weighted by Crippen LogP contribution is -2.22. The molecule has 0 unspecified atom stereocenters. The standard InChI is InChI=1S/C13H21ClN4O/c1-8-10(14)17-12(13(2,3)4)18-11(8)16-7-6-9(19)15-5/h6-7H2,1-5H3,(H,15,19)(H,16,17,18). The van der Waals surface area contributed by atoms with Crippen LogP contribution in [0, 0.1) is 6.92 Å². The van der Waals surface area contributed by atoms with Gasteiger partial charge in [-0.1, -0.05) is 32.4 Å². The molecule has 0 atom stereocenters. The fourth-order valence-corrected chi connectivity index (χ4v) is 1.59. The average molecular weight is 285 g/mol. The molecule has 0 bridgehead atoms. The lowest BCUT2D eigenvalue weighted by Gasteiger charge is -2.19. The van der Waals surface area contributed by atoms with E-state index < -0.39 is 0 Å². The van der Waals surface area contributed by atoms with Gasteiger partial charge >= 0.3 is 0 Å². The molecular formula is C13H21ClN4O. The zero-order valence-corrected chi connectivity index (χ0v) is 12.9. The van der Waals surface area contributed by atoms with Gasteiger partial charge in [-0.25, -0.2) is 9.97 Å². The van der Waals surface area contributed by atoms with E-state index in [9.17, 15) is 4.79 Å². The molecule has 5 nitrogen and oxygen atoms in total. The number of nitrogens with one attached hydrogen (secondary N) is 2. The first-order chi connectivity index (χ1) is 8.75. The second-order valence-corrected chi connectivity index (χ2v) is 5.77. The van der Waals surface area contributed by atoms with Crippen LogP contribution >= 0.6 is 11.6 Å². The minimum Gasteiger partial charge on any atom is -0.369 e. The molecule has 0 saturated heterocycles. The lowest BCUT2D eigenvalue weighted by atomic mass is 9.95. The van der Waals surface area contributed by atoms with Crippen molar-refractivity contribution in [2.75, 3.05) is 18.9 Å². The largest absolute Gasteiger partial charge is 0.369 e. The Morgan fingerprint density at radius 1 is 1.32 bits per heavy atom. The molecule has 1 aromatic heterocycles. The maximum atomic E-state index is 11.2. The second kappa shape index (κ2) is 6.19. The van der Waals surface area contributed by atoms with Crippen LogP contribution in [0.1, 0.15) is 38.6 Å². The Kier molecular flexibility index (Phi) is 5.11. The Labute approximate surface area is 119 Å². The number of carbonyl (C=O) groups is 1. The van der Waals surface area contributed by atoms with Gasteiger partial charge in [-0.05, 0) is 6.92 Å². The van der Waals surface area contributed by atoms with Crippen molar-refractivity contribution in [3.8, 4) is 0 Å². The summed E-state index contributed by atoms with van der Waals surface area (Å²) in [6.07, 6.45) is 0.391. The molecule has 1 heterocycles. The van der Waals surface area contributed by atoms with E-state index in [0.29, 0.717) is 29.8 Å². The maximum absolute atomic E-state index is 11.2. The molecule has 6 heteroatoms. The molecule has 1 amide bonds. The molecule has 2 N–H and O–H groups in total. The summed E-state index contributed by atoms with van der Waals surface area (Å²) in [6, 6.07) is 0. The molecule has 1 aromatic rings. The third kappa shape index (κ3) is 4.35. The van der Waals surface area contributed by atoms with Crippen LogP contribution in [0.3, 0.4) is 0 Å². The number of hydrogen-bond donors (Lipinski definition) is 2. The number of anilines is 1. The molecule has 0 spiro atoms. The Bertz CT molecular complexity index is 468. The number of halogens is 1. The van der Waals surface area contributed by atoms with Crippen molar-refractivity contribution in [3.05, 3.63) is 16.5 Å². The first-order valence-electron chi connectivity index (χ1n) is 6.24. The predicted molar refractivity (Wildman–Crippen MR) is 77.7 cm³/mol. The fraction of sp³-hybridized carbons (Fsp3) is 0.615. The quantitative estimate of drug-likeness (QED) is 0.833. The third-order valence-electron chi connectivity index (χ3n) is 2.68. The predicted octanol–water partition coefficient (Wildman–Crippen LogP) is 2.28. The number of hydrogen-bond acceptors (Lipinski definition) is 4. The Morgan fingerprint density at radius 3 is 2.47 bits per heavy atom. The highest BCUT2D eigenvalue weighted by Gasteiger charge is 2.20. The maximum Gasteiger partial charge on any atom is 0.221 e. The smallest absolute Gasteiger partial charge is 0.221 e. The molecule has 19 heavy (non-hydrogen) atoms. The Hall–Kier alpha value is -1.36. The summed E-state index contributed by atoms with van der Waals surface area (Å²) in [6.45, 7) is 8.46. The van der Waals surface area contributed by atoms with Crippen molar-refractivity contribution in [2.24, 2.45) is 0 Å². The van der Waals surface area contributed by atoms with E-state index in [2.05, 4.69) is 20.6 Å². The first-order valence-corrected chi connectivity index (χ1v) is 6.62. The van der Waals surface area contributed by atoms with Gasteiger partial charge in [0.1, 0.15) is 16.8 Å². The van der Waals surface area contributed by atoms with Crippen molar-refractivity contribution < 1.29 is 4.79 Å². The number of carbonyl (C=O) groups excluding carboxylic acids is 1. The van der Waals surface area contributed by atoms with E-state index >= 15 is 0 Å². The number of rotatable bonds is 4. The molecule has 0 aliphatic rings. The molecule has 1 rings (SSSR count). The zero-order chi connectivity index (χ0) is 14.6. The van der Waals surface area contributed by atoms with Crippen LogP contribution in [0.5, 0.6) is 0 Å². The Balaban J connectivity index is 2.88. The Morgan fingerprint density at radius 2 is 1.95 bits per heavy atom. The first kappa shape index (κ1) is 15.7. The number of aromatic nitrogens is 2. The number of amides is 1. The van der Waals surface area contributed by atoms with Gasteiger partial charge in [0.2, 0.25) is 5.91 Å². The van der Waals surface area contributed by atoms with Crippen LogP contribution < -0.4 is 10.6 Å². The summed E-state index contributed by atoms with van der Waals surface area (Å²) in [5, 5.41) is 6.16. The highest BCUT2D eigenvalue weighted by molar-refractivity contribution is 6.30. The van der Waals surface area contributed by atoms with Gasteiger partial charge < -0.3 is 10.6 Å². The van der Waals surface area contributed by atoms with Crippen LogP contribution in [0.4, 0.5) is 5.82 Å². The zero-order valence-electron chi connectivity index (χ0n) is 12.1. The molecular weight excluding hydrogens is 264 g/mol. The van der Waals surface area contributed by atoms with Gasteiger partial charge in [-0.2, -0.15) is 0 Å². The van der Waals surface area contributed by atoms with E-state index in [1.807, 2.05) is 27.7 Å². The van der Waals surface area contributed by atoms with Crippen molar-refractivity contribution in [1.82, 2.24) is 15.3 Å². The van der Waals surface area contributed by atoms with Crippen LogP contribution in [0.25, 0.3) is 0 Å². The van der Waals surface area contributed by atoms with Gasteiger partial charge in [0.25, 0.3) is 0 Å². The van der Waals surface area contributed by atoms with Crippen molar-refractivity contribution >= 4 is 23.3 Å². The van der Waals surface area contributed by atoms with E-state index in [1.54, 1.807) is 7.05 Å². The highest BCUT2D eigenvalue weighted by Crippen LogP contribution is 2.25. The molecule has 0 aliphatic carbocycles. The van der Waals surface area contributed by atoms with Gasteiger partial charge in [0.05, 0.1) is 0 Å². The van der Waals surface area contributed by atoms with E-state index in [1.165, 1.54) is 0 Å². The molecule has 0 fully saturated rings. The van der Waals surface area contributed by atoms with Crippen LogP contribution in [-0.2, 0) is 10.2 Å². The summed E-state index contributed by atoms with van der Waals surface area (Å²) in [4.78, 5) is 20.0. The highest BCUT2D eigenvalue weighted by atomic mass is 35.5. The summed E-state index contributed by atoms with van der Waals surface area (Å²) < 4.78 is 0. The van der Waals surface area contributed by atoms with Crippen molar-refractivity contribution in [3.63, 3.8) is 0 Å². The number of nitrogens with zero attached hydrogens (tertiary/aromatic N) is 2. The minimum absolute atomic E-state index is 0.0126. The molecule has 0 saturated carbocycles. The second-order valence-electron chi connectivity index (χ2n) is 5.41. The van der Waals surface area contributed by atoms with Gasteiger partial charge in [-0.3, -0.25) is 4.79 Å². The summed E-state index contributed by atoms with van der Waals surface area (Å²) >= 11 is 6.12. The van der Waals surface area contributed by atoms with Crippen molar-refractivity contribution in [1.29, 1.82) is 0 Å². The molecule has 0 aliphatic heterocycles. The van der Waals surface area contributed by atoms with E-state index in [4.69, 9.17) is 11.6 Å². The molecule has 106 valence electrons. The van der Waals surface area contributed by atoms with E-state index in [0.717, 1.165) is 5.56 Å². The van der Waals surface area contributed by atoms with Crippen LogP contribution in [0.15, 0.2) is 0 Å². The summed E-state index contributed by atoms with van der Waals surface area (Å²) in [5.41, 5.74) is 0.626. The van der Waals surface area contributed by atoms with E-state index in [-0.39, 0.29) is 11.3 Å².